The quantitative estimate of drug-likeness (QED) is 0.683. The first-order valence-electron chi connectivity index (χ1n) is 5.27. The molecule has 1 unspecified atom stereocenters. The van der Waals surface area contributed by atoms with Crippen molar-refractivity contribution in [2.45, 2.75) is 11.2 Å². The zero-order chi connectivity index (χ0) is 13.0. The van der Waals surface area contributed by atoms with E-state index in [4.69, 9.17) is 5.73 Å². The number of nitrogens with two attached hydrogens (primary N) is 1. The lowest BCUT2D eigenvalue weighted by Crippen LogP contribution is -2.15. The van der Waals surface area contributed by atoms with Crippen molar-refractivity contribution in [2.75, 3.05) is 5.75 Å². The van der Waals surface area contributed by atoms with Crippen molar-refractivity contribution in [1.82, 2.24) is 9.97 Å². The molecule has 0 saturated carbocycles. The fraction of sp³-hybridized carbons (Fsp3) is 0.167. The van der Waals surface area contributed by atoms with E-state index in [0.717, 1.165) is 18.2 Å². The predicted octanol–water partition coefficient (Wildman–Crippen LogP) is 2.55. The lowest BCUT2D eigenvalue weighted by atomic mass is 10.1. The van der Waals surface area contributed by atoms with Gasteiger partial charge in [-0.2, -0.15) is 0 Å². The van der Waals surface area contributed by atoms with E-state index in [2.05, 4.69) is 9.97 Å². The molecule has 94 valence electrons. The number of benzene rings is 1. The molecule has 2 N–H and O–H groups in total. The van der Waals surface area contributed by atoms with Crippen LogP contribution in [0.2, 0.25) is 0 Å². The van der Waals surface area contributed by atoms with Crippen LogP contribution in [0.1, 0.15) is 11.6 Å². The summed E-state index contributed by atoms with van der Waals surface area (Å²) in [6.45, 7) is 0. The third-order valence-electron chi connectivity index (χ3n) is 2.29. The molecule has 0 aliphatic rings. The minimum atomic E-state index is -0.602. The zero-order valence-corrected chi connectivity index (χ0v) is 10.2. The molecule has 1 aromatic heterocycles. The van der Waals surface area contributed by atoms with Crippen molar-refractivity contribution in [3.05, 3.63) is 53.9 Å². The SMILES string of the molecule is NC(CSc1ncccn1)c1cc(F)ccc1F. The van der Waals surface area contributed by atoms with Gasteiger partial charge in [0.1, 0.15) is 11.6 Å². The minimum absolute atomic E-state index is 0.165. The van der Waals surface area contributed by atoms with E-state index in [0.29, 0.717) is 10.9 Å². The number of nitrogens with zero attached hydrogens (tertiary/aromatic N) is 2. The second kappa shape index (κ2) is 5.88. The van der Waals surface area contributed by atoms with Crippen LogP contribution in [0.5, 0.6) is 0 Å². The molecule has 0 spiro atoms. The van der Waals surface area contributed by atoms with E-state index in [1.165, 1.54) is 11.8 Å². The average Bonchev–Trinajstić information content (AvgIpc) is 2.40. The van der Waals surface area contributed by atoms with Crippen molar-refractivity contribution < 1.29 is 8.78 Å². The predicted molar refractivity (Wildman–Crippen MR) is 66.0 cm³/mol. The summed E-state index contributed by atoms with van der Waals surface area (Å²) in [4.78, 5) is 8.03. The molecule has 2 aromatic rings. The molecule has 18 heavy (non-hydrogen) atoms. The van der Waals surface area contributed by atoms with Crippen LogP contribution < -0.4 is 5.73 Å². The van der Waals surface area contributed by atoms with Crippen LogP contribution >= 0.6 is 11.8 Å². The number of hydrogen-bond donors (Lipinski definition) is 1. The third-order valence-corrected chi connectivity index (χ3v) is 3.29. The number of thioether (sulfide) groups is 1. The molecule has 1 aromatic carbocycles. The van der Waals surface area contributed by atoms with Crippen LogP contribution in [0.25, 0.3) is 0 Å². The largest absolute Gasteiger partial charge is 0.323 e. The molecule has 0 radical (unpaired) electrons. The second-order valence-corrected chi connectivity index (χ2v) is 4.60. The Balaban J connectivity index is 2.03. The Morgan fingerprint density at radius 3 is 2.67 bits per heavy atom. The van der Waals surface area contributed by atoms with Gasteiger partial charge in [0.05, 0.1) is 0 Å². The van der Waals surface area contributed by atoms with Gasteiger partial charge in [-0.1, -0.05) is 11.8 Å². The molecule has 3 nitrogen and oxygen atoms in total. The van der Waals surface area contributed by atoms with Gasteiger partial charge in [0.15, 0.2) is 5.16 Å². The van der Waals surface area contributed by atoms with Crippen LogP contribution in [-0.2, 0) is 0 Å². The van der Waals surface area contributed by atoms with Gasteiger partial charge in [0.25, 0.3) is 0 Å². The Labute approximate surface area is 107 Å². The maximum Gasteiger partial charge on any atom is 0.187 e. The number of rotatable bonds is 4. The Morgan fingerprint density at radius 1 is 1.22 bits per heavy atom. The van der Waals surface area contributed by atoms with E-state index in [1.807, 2.05) is 0 Å². The summed E-state index contributed by atoms with van der Waals surface area (Å²) >= 11 is 1.30. The van der Waals surface area contributed by atoms with Crippen molar-refractivity contribution in [3.8, 4) is 0 Å². The van der Waals surface area contributed by atoms with Gasteiger partial charge in [-0.25, -0.2) is 18.7 Å². The summed E-state index contributed by atoms with van der Waals surface area (Å²) in [6, 6.07) is 4.37. The van der Waals surface area contributed by atoms with Crippen LogP contribution in [0.3, 0.4) is 0 Å². The summed E-state index contributed by atoms with van der Waals surface area (Å²) in [5.74, 6) is -0.619. The molecule has 1 atom stereocenters. The Hall–Kier alpha value is -1.53. The summed E-state index contributed by atoms with van der Waals surface area (Å²) in [5, 5.41) is 0.560. The van der Waals surface area contributed by atoms with E-state index in [9.17, 15) is 8.78 Å². The highest BCUT2D eigenvalue weighted by atomic mass is 32.2. The molecular formula is C12H11F2N3S. The minimum Gasteiger partial charge on any atom is -0.323 e. The molecule has 1 heterocycles. The first-order chi connectivity index (χ1) is 8.66. The summed E-state index contributed by atoms with van der Waals surface area (Å²) in [5.41, 5.74) is 5.99. The normalized spacial score (nSPS) is 12.4. The fourth-order valence-electron chi connectivity index (χ4n) is 1.41. The number of hydrogen-bond acceptors (Lipinski definition) is 4. The van der Waals surface area contributed by atoms with Crippen LogP contribution in [0.15, 0.2) is 41.8 Å². The van der Waals surface area contributed by atoms with Gasteiger partial charge < -0.3 is 5.73 Å². The van der Waals surface area contributed by atoms with E-state index in [1.54, 1.807) is 18.5 Å². The standard InChI is InChI=1S/C12H11F2N3S/c13-8-2-3-10(14)9(6-8)11(15)7-18-12-16-4-1-5-17-12/h1-6,11H,7,15H2. The molecule has 0 saturated heterocycles. The van der Waals surface area contributed by atoms with Crippen molar-refractivity contribution >= 4 is 11.8 Å². The maximum atomic E-state index is 13.5. The van der Waals surface area contributed by atoms with Crippen LogP contribution in [-0.4, -0.2) is 15.7 Å². The fourth-order valence-corrected chi connectivity index (χ4v) is 2.19. The first-order valence-corrected chi connectivity index (χ1v) is 6.25. The van der Waals surface area contributed by atoms with Crippen molar-refractivity contribution in [2.24, 2.45) is 5.73 Å². The van der Waals surface area contributed by atoms with Gasteiger partial charge in [-0.3, -0.25) is 0 Å². The number of aromatic nitrogens is 2. The molecule has 0 aliphatic carbocycles. The highest BCUT2D eigenvalue weighted by Gasteiger charge is 2.13. The molecular weight excluding hydrogens is 256 g/mol. The molecule has 2 rings (SSSR count). The lowest BCUT2D eigenvalue weighted by Gasteiger charge is -2.12. The lowest BCUT2D eigenvalue weighted by molar-refractivity contribution is 0.573. The van der Waals surface area contributed by atoms with Gasteiger partial charge in [-0.15, -0.1) is 0 Å². The van der Waals surface area contributed by atoms with E-state index < -0.39 is 17.7 Å². The van der Waals surface area contributed by atoms with Gasteiger partial charge in [0.2, 0.25) is 0 Å². The Kier molecular flexibility index (Phi) is 4.22. The summed E-state index contributed by atoms with van der Waals surface area (Å²) in [7, 11) is 0. The van der Waals surface area contributed by atoms with Gasteiger partial charge in [-0.05, 0) is 24.3 Å². The van der Waals surface area contributed by atoms with E-state index in [-0.39, 0.29) is 5.56 Å². The van der Waals surface area contributed by atoms with E-state index >= 15 is 0 Å². The summed E-state index contributed by atoms with van der Waals surface area (Å²) < 4.78 is 26.5. The molecule has 0 bridgehead atoms. The topological polar surface area (TPSA) is 51.8 Å². The van der Waals surface area contributed by atoms with Crippen molar-refractivity contribution in [3.63, 3.8) is 0 Å². The molecule has 0 amide bonds. The monoisotopic (exact) mass is 267 g/mol. The molecule has 0 aliphatic heterocycles. The van der Waals surface area contributed by atoms with Crippen LogP contribution in [0.4, 0.5) is 8.78 Å². The first kappa shape index (κ1) is 12.9. The summed E-state index contributed by atoms with van der Waals surface area (Å²) in [6.07, 6.45) is 3.23. The highest BCUT2D eigenvalue weighted by molar-refractivity contribution is 7.99. The third kappa shape index (κ3) is 3.24. The highest BCUT2D eigenvalue weighted by Crippen LogP contribution is 2.22. The van der Waals surface area contributed by atoms with Crippen molar-refractivity contribution in [1.29, 1.82) is 0 Å². The second-order valence-electron chi connectivity index (χ2n) is 3.61. The van der Waals surface area contributed by atoms with Gasteiger partial charge in [0, 0.05) is 29.8 Å². The maximum absolute atomic E-state index is 13.5. The molecule has 6 heteroatoms. The Bertz CT molecular complexity index is 522. The van der Waals surface area contributed by atoms with Crippen LogP contribution in [0, 0.1) is 11.6 Å². The average molecular weight is 267 g/mol. The van der Waals surface area contributed by atoms with Gasteiger partial charge >= 0.3 is 0 Å². The molecule has 0 fully saturated rings. The smallest absolute Gasteiger partial charge is 0.187 e. The Morgan fingerprint density at radius 2 is 1.94 bits per heavy atom. The zero-order valence-electron chi connectivity index (χ0n) is 9.38. The number of halogens is 2.